The lowest BCUT2D eigenvalue weighted by Gasteiger charge is -2.14. The van der Waals surface area contributed by atoms with E-state index in [-0.39, 0.29) is 6.61 Å². The third-order valence-electron chi connectivity index (χ3n) is 4.19. The Labute approximate surface area is 135 Å². The van der Waals surface area contributed by atoms with E-state index in [1.54, 1.807) is 4.68 Å². The van der Waals surface area contributed by atoms with Crippen LogP contribution in [-0.2, 0) is 19.4 Å². The molecule has 0 aliphatic heterocycles. The van der Waals surface area contributed by atoms with Crippen LogP contribution >= 0.6 is 11.6 Å². The predicted molar refractivity (Wildman–Crippen MR) is 86.7 cm³/mol. The van der Waals surface area contributed by atoms with E-state index in [0.717, 1.165) is 30.0 Å². The lowest BCUT2D eigenvalue weighted by atomic mass is 10.1. The molecule has 1 heterocycles. The van der Waals surface area contributed by atoms with E-state index in [4.69, 9.17) is 16.3 Å². The van der Waals surface area contributed by atoms with Crippen molar-refractivity contribution >= 4 is 11.6 Å². The first kappa shape index (κ1) is 15.4. The molecule has 5 heteroatoms. The third kappa shape index (κ3) is 3.13. The summed E-state index contributed by atoms with van der Waals surface area (Å²) in [7, 11) is 0. The first-order valence-corrected chi connectivity index (χ1v) is 8.04. The van der Waals surface area contributed by atoms with Crippen molar-refractivity contribution in [3.63, 3.8) is 0 Å². The van der Waals surface area contributed by atoms with Crippen molar-refractivity contribution < 1.29 is 9.84 Å². The second-order valence-electron chi connectivity index (χ2n) is 5.92. The van der Waals surface area contributed by atoms with Crippen molar-refractivity contribution in [2.75, 3.05) is 6.61 Å². The lowest BCUT2D eigenvalue weighted by Crippen LogP contribution is -2.24. The lowest BCUT2D eigenvalue weighted by molar-refractivity contribution is 0.0887. The molecule has 0 saturated heterocycles. The highest BCUT2D eigenvalue weighted by Crippen LogP contribution is 2.26. The predicted octanol–water partition coefficient (Wildman–Crippen LogP) is 3.08. The summed E-state index contributed by atoms with van der Waals surface area (Å²) in [5, 5.41) is 15.1. The average molecular weight is 321 g/mol. The van der Waals surface area contributed by atoms with E-state index in [0.29, 0.717) is 11.6 Å². The molecule has 4 nitrogen and oxygen atoms in total. The van der Waals surface area contributed by atoms with Gasteiger partial charge in [-0.15, -0.1) is 0 Å². The smallest absolute Gasteiger partial charge is 0.119 e. The molecule has 0 fully saturated rings. The number of aromatic nitrogens is 2. The summed E-state index contributed by atoms with van der Waals surface area (Å²) < 4.78 is 7.45. The molecule has 0 radical (unpaired) electrons. The number of rotatable bonds is 5. The fourth-order valence-corrected chi connectivity index (χ4v) is 3.07. The Morgan fingerprint density at radius 2 is 2.09 bits per heavy atom. The number of halogens is 1. The largest absolute Gasteiger partial charge is 0.491 e. The number of fused-ring (bicyclic) bond motifs is 1. The summed E-state index contributed by atoms with van der Waals surface area (Å²) in [4.78, 5) is 0. The van der Waals surface area contributed by atoms with Gasteiger partial charge >= 0.3 is 0 Å². The Morgan fingerprint density at radius 1 is 1.32 bits per heavy atom. The Bertz CT molecular complexity index is 682. The van der Waals surface area contributed by atoms with Gasteiger partial charge in [-0.25, -0.2) is 0 Å². The highest BCUT2D eigenvalue weighted by molar-refractivity contribution is 6.31. The maximum absolute atomic E-state index is 10.2. The second-order valence-corrected chi connectivity index (χ2v) is 6.29. The van der Waals surface area contributed by atoms with Gasteiger partial charge in [-0.3, -0.25) is 4.68 Å². The number of aryl methyl sites for hydroxylation is 3. The van der Waals surface area contributed by atoms with Crippen LogP contribution in [0.15, 0.2) is 18.2 Å². The van der Waals surface area contributed by atoms with Gasteiger partial charge in [0.25, 0.3) is 0 Å². The summed E-state index contributed by atoms with van der Waals surface area (Å²) in [6.45, 7) is 4.38. The first-order valence-electron chi connectivity index (χ1n) is 7.67. The number of hydrogen-bond acceptors (Lipinski definition) is 3. The minimum atomic E-state index is -0.623. The number of ether oxygens (including phenoxy) is 1. The molecule has 1 N–H and O–H groups in total. The molecule has 0 spiro atoms. The van der Waals surface area contributed by atoms with Crippen molar-refractivity contribution in [2.45, 2.75) is 45.8 Å². The van der Waals surface area contributed by atoms with Crippen LogP contribution in [0.2, 0.25) is 5.02 Å². The molecule has 22 heavy (non-hydrogen) atoms. The third-order valence-corrected chi connectivity index (χ3v) is 4.74. The molecule has 2 aromatic rings. The molecule has 0 amide bonds. The Morgan fingerprint density at radius 3 is 2.82 bits per heavy atom. The first-order chi connectivity index (χ1) is 10.5. The van der Waals surface area contributed by atoms with Crippen LogP contribution < -0.4 is 4.74 Å². The highest BCUT2D eigenvalue weighted by atomic mass is 35.5. The molecule has 1 unspecified atom stereocenters. The monoisotopic (exact) mass is 320 g/mol. The van der Waals surface area contributed by atoms with Gasteiger partial charge < -0.3 is 9.84 Å². The summed E-state index contributed by atoms with van der Waals surface area (Å²) >= 11 is 6.11. The average Bonchev–Trinajstić information content (AvgIpc) is 3.06. The Balaban J connectivity index is 1.58. The van der Waals surface area contributed by atoms with Gasteiger partial charge in [-0.05, 0) is 56.4 Å². The molecule has 118 valence electrons. The zero-order valence-corrected chi connectivity index (χ0v) is 13.7. The van der Waals surface area contributed by atoms with E-state index < -0.39 is 6.10 Å². The zero-order valence-electron chi connectivity index (χ0n) is 13.0. The van der Waals surface area contributed by atoms with Crippen LogP contribution in [0.1, 0.15) is 28.9 Å². The topological polar surface area (TPSA) is 47.3 Å². The molecule has 1 aliphatic rings. The number of aliphatic hydroxyl groups is 1. The van der Waals surface area contributed by atoms with Gasteiger partial charge in [0.1, 0.15) is 18.5 Å². The number of hydrogen-bond donors (Lipinski definition) is 1. The molecule has 0 bridgehead atoms. The fraction of sp³-hybridized carbons (Fsp3) is 0.471. The van der Waals surface area contributed by atoms with Gasteiger partial charge in [0.05, 0.1) is 23.0 Å². The number of nitrogens with zero attached hydrogens (tertiary/aromatic N) is 2. The number of benzene rings is 1. The van der Waals surface area contributed by atoms with Crippen LogP contribution in [0, 0.1) is 13.8 Å². The molecule has 1 aliphatic carbocycles. The molecule has 1 aromatic carbocycles. The van der Waals surface area contributed by atoms with E-state index in [9.17, 15) is 5.11 Å². The van der Waals surface area contributed by atoms with Crippen LogP contribution in [-0.4, -0.2) is 27.6 Å². The van der Waals surface area contributed by atoms with Crippen molar-refractivity contribution in [3.05, 3.63) is 45.7 Å². The van der Waals surface area contributed by atoms with E-state index in [2.05, 4.69) is 17.2 Å². The highest BCUT2D eigenvalue weighted by Gasteiger charge is 2.15. The summed E-state index contributed by atoms with van der Waals surface area (Å²) in [5.41, 5.74) is 4.45. The van der Waals surface area contributed by atoms with Gasteiger partial charge in [0.15, 0.2) is 0 Å². The summed E-state index contributed by atoms with van der Waals surface area (Å²) in [6, 6.07) is 6.21. The minimum Gasteiger partial charge on any atom is -0.491 e. The maximum atomic E-state index is 10.2. The zero-order chi connectivity index (χ0) is 15.7. The summed E-state index contributed by atoms with van der Waals surface area (Å²) in [6.07, 6.45) is 2.89. The fourth-order valence-electron chi connectivity index (χ4n) is 2.94. The molecular weight excluding hydrogens is 300 g/mol. The minimum absolute atomic E-state index is 0.245. The second kappa shape index (κ2) is 6.31. The van der Waals surface area contributed by atoms with Crippen molar-refractivity contribution in [2.24, 2.45) is 0 Å². The standard InChI is InChI=1S/C17H21ClN2O2/c1-11-17(18)12(2)20(19-11)9-15(21)10-22-16-7-6-13-4-3-5-14(13)8-16/h6-8,15,21H,3-5,9-10H2,1-2H3. The van der Waals surface area contributed by atoms with Crippen molar-refractivity contribution in [3.8, 4) is 5.75 Å². The maximum Gasteiger partial charge on any atom is 0.119 e. The molecule has 1 aromatic heterocycles. The quantitative estimate of drug-likeness (QED) is 0.921. The van der Waals surface area contributed by atoms with Crippen molar-refractivity contribution in [1.82, 2.24) is 9.78 Å². The van der Waals surface area contributed by atoms with Gasteiger partial charge in [-0.2, -0.15) is 5.10 Å². The normalized spacial score (nSPS) is 14.9. The Hall–Kier alpha value is -1.52. The van der Waals surface area contributed by atoms with Crippen LogP contribution in [0.3, 0.4) is 0 Å². The van der Waals surface area contributed by atoms with Gasteiger partial charge in [0, 0.05) is 0 Å². The van der Waals surface area contributed by atoms with Crippen LogP contribution in [0.5, 0.6) is 5.75 Å². The van der Waals surface area contributed by atoms with Crippen LogP contribution in [0.25, 0.3) is 0 Å². The van der Waals surface area contributed by atoms with Gasteiger partial charge in [-0.1, -0.05) is 17.7 Å². The van der Waals surface area contributed by atoms with E-state index >= 15 is 0 Å². The SMILES string of the molecule is Cc1nn(CC(O)COc2ccc3c(c2)CCC3)c(C)c1Cl. The molecular formula is C17H21ClN2O2. The van der Waals surface area contributed by atoms with E-state index in [1.807, 2.05) is 19.9 Å². The molecule has 1 atom stereocenters. The molecule has 0 saturated carbocycles. The van der Waals surface area contributed by atoms with Crippen LogP contribution in [0.4, 0.5) is 0 Å². The number of aliphatic hydroxyl groups excluding tert-OH is 1. The summed E-state index contributed by atoms with van der Waals surface area (Å²) in [5.74, 6) is 0.825. The van der Waals surface area contributed by atoms with Gasteiger partial charge in [0.2, 0.25) is 0 Å². The Kier molecular flexibility index (Phi) is 4.41. The molecule has 3 rings (SSSR count). The van der Waals surface area contributed by atoms with E-state index in [1.165, 1.54) is 17.5 Å². The van der Waals surface area contributed by atoms with Crippen molar-refractivity contribution in [1.29, 1.82) is 0 Å².